The summed E-state index contributed by atoms with van der Waals surface area (Å²) in [5.41, 5.74) is 5.30. The van der Waals surface area contributed by atoms with E-state index in [1.165, 1.54) is 24.8 Å². The summed E-state index contributed by atoms with van der Waals surface area (Å²) in [6.07, 6.45) is -1.86. The van der Waals surface area contributed by atoms with Crippen molar-refractivity contribution in [2.45, 2.75) is 26.6 Å². The number of nitrogens with zero attached hydrogens (tertiary/aromatic N) is 4. The molecule has 5 N–H and O–H groups in total. The Labute approximate surface area is 197 Å². The fourth-order valence-electron chi connectivity index (χ4n) is 3.08. The number of hydrogen-bond acceptors (Lipinski definition) is 7. The minimum Gasteiger partial charge on any atom is -0.399 e. The minimum atomic E-state index is -4.64. The first-order chi connectivity index (χ1) is 16.8. The van der Waals surface area contributed by atoms with Gasteiger partial charge in [-0.1, -0.05) is 38.1 Å². The van der Waals surface area contributed by atoms with Crippen molar-refractivity contribution < 1.29 is 13.2 Å². The number of rotatable bonds is 3. The second kappa shape index (κ2) is 11.1. The highest BCUT2D eigenvalue weighted by atomic mass is 19.4. The molecule has 5 rings (SSSR count). The topological polar surface area (TPSA) is 138 Å². The van der Waals surface area contributed by atoms with Gasteiger partial charge in [0.2, 0.25) is 0 Å². The Balaban J connectivity index is 0.000000324. The van der Waals surface area contributed by atoms with Crippen molar-refractivity contribution in [1.82, 2.24) is 29.9 Å². The Morgan fingerprint density at radius 2 is 1.74 bits per heavy atom. The van der Waals surface area contributed by atoms with Crippen LogP contribution in [0.25, 0.3) is 22.1 Å². The molecule has 0 unspecified atom stereocenters. The number of benzene rings is 2. The zero-order chi connectivity index (χ0) is 25.4. The third-order valence-electron chi connectivity index (χ3n) is 4.53. The number of H-pyrrole nitrogens is 2. The first-order valence-corrected chi connectivity index (χ1v) is 10.6. The molecule has 182 valence electrons. The molecule has 5 aromatic rings. The molecule has 0 fully saturated rings. The molecule has 0 spiro atoms. The van der Waals surface area contributed by atoms with Gasteiger partial charge in [-0.2, -0.15) is 13.2 Å². The van der Waals surface area contributed by atoms with E-state index in [0.29, 0.717) is 17.0 Å². The largest absolute Gasteiger partial charge is 0.417 e. The zero-order valence-electron chi connectivity index (χ0n) is 18.9. The molecule has 0 aliphatic heterocycles. The molecule has 9 nitrogen and oxygen atoms in total. The number of imidazole rings is 1. The molecular formula is C23H23F3N8O. The molecule has 0 aliphatic rings. The molecule has 0 amide bonds. The van der Waals surface area contributed by atoms with Crippen molar-refractivity contribution in [3.63, 3.8) is 0 Å². The normalized spacial score (nSPS) is 10.8. The van der Waals surface area contributed by atoms with Gasteiger partial charge in [0.05, 0.1) is 29.3 Å². The summed E-state index contributed by atoms with van der Waals surface area (Å²) in [6.45, 7) is 4.05. The lowest BCUT2D eigenvalue weighted by Crippen LogP contribution is -2.18. The number of hydrogen-bond donors (Lipinski definition) is 4. The van der Waals surface area contributed by atoms with E-state index in [9.17, 15) is 18.0 Å². The fourth-order valence-corrected chi connectivity index (χ4v) is 3.08. The highest BCUT2D eigenvalue weighted by Crippen LogP contribution is 2.32. The van der Waals surface area contributed by atoms with Gasteiger partial charge in [-0.15, -0.1) is 0 Å². The predicted octanol–water partition coefficient (Wildman–Crippen LogP) is 4.52. The Morgan fingerprint density at radius 3 is 2.40 bits per heavy atom. The van der Waals surface area contributed by atoms with Crippen molar-refractivity contribution in [1.29, 1.82) is 0 Å². The van der Waals surface area contributed by atoms with Crippen LogP contribution in [0.1, 0.15) is 25.2 Å². The Bertz CT molecular complexity index is 1450. The number of nitrogens with two attached hydrogens (primary N) is 1. The van der Waals surface area contributed by atoms with Gasteiger partial charge in [0.25, 0.3) is 5.56 Å². The molecule has 35 heavy (non-hydrogen) atoms. The quantitative estimate of drug-likeness (QED) is 0.276. The highest BCUT2D eigenvalue weighted by molar-refractivity contribution is 5.83. The molecule has 0 aliphatic carbocycles. The van der Waals surface area contributed by atoms with Gasteiger partial charge in [0.1, 0.15) is 17.7 Å². The van der Waals surface area contributed by atoms with Crippen LogP contribution in [0.2, 0.25) is 0 Å². The van der Waals surface area contributed by atoms with E-state index in [1.807, 2.05) is 44.2 Å². The van der Waals surface area contributed by atoms with Crippen LogP contribution in [-0.2, 0) is 12.7 Å². The fraction of sp³-hybridized carbons (Fsp3) is 0.174. The van der Waals surface area contributed by atoms with Gasteiger partial charge >= 0.3 is 6.18 Å². The lowest BCUT2D eigenvalue weighted by atomic mass is 10.1. The summed E-state index contributed by atoms with van der Waals surface area (Å²) in [7, 11) is 0. The van der Waals surface area contributed by atoms with Crippen molar-refractivity contribution in [3.05, 3.63) is 82.9 Å². The van der Waals surface area contributed by atoms with E-state index in [-0.39, 0.29) is 17.9 Å². The molecule has 3 heterocycles. The van der Waals surface area contributed by atoms with E-state index < -0.39 is 22.7 Å². The van der Waals surface area contributed by atoms with E-state index in [1.54, 1.807) is 0 Å². The van der Waals surface area contributed by atoms with Crippen LogP contribution in [-0.4, -0.2) is 29.9 Å². The Kier molecular flexibility index (Phi) is 7.97. The maximum Gasteiger partial charge on any atom is 0.417 e. The van der Waals surface area contributed by atoms with E-state index >= 15 is 0 Å². The third kappa shape index (κ3) is 6.10. The van der Waals surface area contributed by atoms with E-state index in [2.05, 4.69) is 35.2 Å². The average Bonchev–Trinajstić information content (AvgIpc) is 3.34. The van der Waals surface area contributed by atoms with Crippen LogP contribution in [0.5, 0.6) is 0 Å². The van der Waals surface area contributed by atoms with Crippen LogP contribution >= 0.6 is 0 Å². The summed E-state index contributed by atoms with van der Waals surface area (Å²) in [4.78, 5) is 33.6. The van der Waals surface area contributed by atoms with Crippen LogP contribution in [0.15, 0.2) is 66.0 Å². The van der Waals surface area contributed by atoms with Crippen LogP contribution in [0, 0.1) is 0 Å². The lowest BCUT2D eigenvalue weighted by Gasteiger charge is -2.10. The molecule has 12 heteroatoms. The number of alkyl halides is 3. The van der Waals surface area contributed by atoms with Crippen molar-refractivity contribution >= 4 is 33.6 Å². The number of halogens is 3. The molecule has 0 saturated heterocycles. The smallest absolute Gasteiger partial charge is 0.399 e. The second-order valence-corrected chi connectivity index (χ2v) is 6.80. The lowest BCUT2D eigenvalue weighted by molar-refractivity contribution is -0.136. The van der Waals surface area contributed by atoms with Crippen molar-refractivity contribution in [2.75, 3.05) is 11.1 Å². The SMILES string of the molecule is CC.Nc1ccccc1.O=c1[nH]c(CNc2ncnc3nc[nH]c23)nc2cccc(C(F)(F)F)c12. The highest BCUT2D eigenvalue weighted by Gasteiger charge is 2.33. The molecule has 0 saturated carbocycles. The summed E-state index contributed by atoms with van der Waals surface area (Å²) in [5.74, 6) is 0.604. The van der Waals surface area contributed by atoms with Gasteiger partial charge in [-0.25, -0.2) is 19.9 Å². The average molecular weight is 484 g/mol. The van der Waals surface area contributed by atoms with Gasteiger partial charge in [-0.3, -0.25) is 4.79 Å². The summed E-state index contributed by atoms with van der Waals surface area (Å²) in [5, 5.41) is 2.47. The van der Waals surface area contributed by atoms with Gasteiger partial charge in [-0.05, 0) is 24.3 Å². The number of fused-ring (bicyclic) bond motifs is 2. The Morgan fingerprint density at radius 1 is 1.00 bits per heavy atom. The monoisotopic (exact) mass is 484 g/mol. The standard InChI is InChI=1S/C15H10F3N7O.C6H7N.C2H6/c16-15(17,18)7-2-1-3-8-10(7)14(26)25-9(24-8)4-19-12-11-13(21-5-20-11)23-6-22-12;7-6-4-2-1-3-5-6;1-2/h1-3,5-6H,4H2,(H,24,25,26)(H2,19,20,21,22,23);1-5H,7H2;1-2H3. The molecular weight excluding hydrogens is 461 g/mol. The maximum atomic E-state index is 13.1. The van der Waals surface area contributed by atoms with Crippen molar-refractivity contribution in [2.24, 2.45) is 0 Å². The molecule has 0 bridgehead atoms. The zero-order valence-corrected chi connectivity index (χ0v) is 18.9. The van der Waals surface area contributed by atoms with Gasteiger partial charge in [0, 0.05) is 5.69 Å². The number of para-hydroxylation sites is 1. The number of anilines is 2. The van der Waals surface area contributed by atoms with E-state index in [4.69, 9.17) is 5.73 Å². The van der Waals surface area contributed by atoms with Gasteiger partial charge < -0.3 is 21.0 Å². The molecule has 2 aromatic carbocycles. The number of nitrogen functional groups attached to an aromatic ring is 1. The molecule has 0 atom stereocenters. The molecule has 3 aromatic heterocycles. The summed E-state index contributed by atoms with van der Waals surface area (Å²) < 4.78 is 39.2. The third-order valence-corrected chi connectivity index (χ3v) is 4.53. The van der Waals surface area contributed by atoms with Crippen molar-refractivity contribution in [3.8, 4) is 0 Å². The first kappa shape index (κ1) is 25.1. The maximum absolute atomic E-state index is 13.1. The molecule has 0 radical (unpaired) electrons. The van der Waals surface area contributed by atoms with Gasteiger partial charge in [0.15, 0.2) is 11.5 Å². The first-order valence-electron chi connectivity index (χ1n) is 10.6. The van der Waals surface area contributed by atoms with Crippen LogP contribution in [0.4, 0.5) is 24.7 Å². The summed E-state index contributed by atoms with van der Waals surface area (Å²) >= 11 is 0. The second-order valence-electron chi connectivity index (χ2n) is 6.80. The summed E-state index contributed by atoms with van der Waals surface area (Å²) in [6, 6.07) is 12.9. The van der Waals surface area contributed by atoms with Crippen LogP contribution in [0.3, 0.4) is 0 Å². The Hall–Kier alpha value is -4.48. The number of nitrogens with one attached hydrogen (secondary N) is 3. The number of aromatic amines is 2. The van der Waals surface area contributed by atoms with E-state index in [0.717, 1.165) is 11.8 Å². The number of aromatic nitrogens is 6. The van der Waals surface area contributed by atoms with Crippen LogP contribution < -0.4 is 16.6 Å². The minimum absolute atomic E-state index is 0.0326. The predicted molar refractivity (Wildman–Crippen MR) is 129 cm³/mol.